The van der Waals surface area contributed by atoms with Crippen LogP contribution in [0.2, 0.25) is 5.02 Å². The highest BCUT2D eigenvalue weighted by atomic mass is 79.9. The van der Waals surface area contributed by atoms with E-state index in [1.165, 1.54) is 6.20 Å². The number of ether oxygens (including phenoxy) is 2. The molecule has 0 spiro atoms. The summed E-state index contributed by atoms with van der Waals surface area (Å²) in [6.07, 6.45) is 1.52. The van der Waals surface area contributed by atoms with E-state index in [0.717, 1.165) is 4.47 Å². The molecule has 5 heteroatoms. The van der Waals surface area contributed by atoms with E-state index in [1.807, 2.05) is 18.2 Å². The molecule has 1 aromatic carbocycles. The van der Waals surface area contributed by atoms with Crippen molar-refractivity contribution in [2.24, 2.45) is 0 Å². The van der Waals surface area contributed by atoms with E-state index in [1.54, 1.807) is 6.07 Å². The number of fused-ring (bicyclic) bond motifs is 2. The SMILES string of the molecule is Clc1cnc2c(c1)Oc1ccc(Br)cc1O2. The topological polar surface area (TPSA) is 31.4 Å². The molecule has 0 unspecified atom stereocenters. The zero-order valence-electron chi connectivity index (χ0n) is 7.91. The van der Waals surface area contributed by atoms with Crippen LogP contribution in [0.1, 0.15) is 0 Å². The van der Waals surface area contributed by atoms with Crippen LogP contribution in [0.15, 0.2) is 34.9 Å². The Hall–Kier alpha value is -1.26. The number of benzene rings is 1. The van der Waals surface area contributed by atoms with Crippen LogP contribution >= 0.6 is 27.5 Å². The van der Waals surface area contributed by atoms with Crippen LogP contribution in [0.3, 0.4) is 0 Å². The smallest absolute Gasteiger partial charge is 0.263 e. The quantitative estimate of drug-likeness (QED) is 0.616. The van der Waals surface area contributed by atoms with Crippen molar-refractivity contribution < 1.29 is 9.47 Å². The molecule has 0 aliphatic carbocycles. The van der Waals surface area contributed by atoms with Gasteiger partial charge in [-0.05, 0) is 18.2 Å². The fourth-order valence-electron chi connectivity index (χ4n) is 1.43. The van der Waals surface area contributed by atoms with E-state index in [-0.39, 0.29) is 0 Å². The maximum Gasteiger partial charge on any atom is 0.263 e. The molecule has 0 amide bonds. The Morgan fingerprint density at radius 1 is 1.06 bits per heavy atom. The van der Waals surface area contributed by atoms with Crippen molar-refractivity contribution in [3.63, 3.8) is 0 Å². The van der Waals surface area contributed by atoms with E-state index in [9.17, 15) is 0 Å². The van der Waals surface area contributed by atoms with Crippen molar-refractivity contribution in [2.75, 3.05) is 0 Å². The van der Waals surface area contributed by atoms with Gasteiger partial charge in [0.2, 0.25) is 0 Å². The van der Waals surface area contributed by atoms with Gasteiger partial charge in [-0.25, -0.2) is 4.98 Å². The number of pyridine rings is 1. The average Bonchev–Trinajstić information content (AvgIpc) is 2.26. The summed E-state index contributed by atoms with van der Waals surface area (Å²) in [5, 5.41) is 0.517. The Morgan fingerprint density at radius 3 is 2.81 bits per heavy atom. The van der Waals surface area contributed by atoms with Crippen LogP contribution in [0.5, 0.6) is 23.1 Å². The van der Waals surface area contributed by atoms with E-state index >= 15 is 0 Å². The molecule has 0 N–H and O–H groups in total. The summed E-state index contributed by atoms with van der Waals surface area (Å²) < 4.78 is 12.1. The molecule has 0 saturated carbocycles. The van der Waals surface area contributed by atoms with Crippen molar-refractivity contribution in [1.29, 1.82) is 0 Å². The van der Waals surface area contributed by atoms with Crippen molar-refractivity contribution in [3.05, 3.63) is 40.0 Å². The predicted molar refractivity (Wildman–Crippen MR) is 63.5 cm³/mol. The standard InChI is InChI=1S/C11H5BrClNO2/c12-6-1-2-8-9(3-6)16-11-10(15-8)4-7(13)5-14-11/h1-5H. The summed E-state index contributed by atoms with van der Waals surface area (Å²) in [5.74, 6) is 2.24. The van der Waals surface area contributed by atoms with Gasteiger partial charge in [0.05, 0.1) is 5.02 Å². The first-order chi connectivity index (χ1) is 7.72. The van der Waals surface area contributed by atoms with Crippen LogP contribution in [-0.2, 0) is 0 Å². The lowest BCUT2D eigenvalue weighted by Crippen LogP contribution is -2.00. The molecule has 0 atom stereocenters. The fraction of sp³-hybridized carbons (Fsp3) is 0. The minimum atomic E-state index is 0.426. The molecule has 0 fully saturated rings. The number of nitrogens with zero attached hydrogens (tertiary/aromatic N) is 1. The van der Waals surface area contributed by atoms with Crippen LogP contribution in [-0.4, -0.2) is 4.98 Å². The van der Waals surface area contributed by atoms with E-state index in [0.29, 0.717) is 28.2 Å². The van der Waals surface area contributed by atoms with Crippen LogP contribution in [0, 0.1) is 0 Å². The first kappa shape index (κ1) is 9.93. The maximum absolute atomic E-state index is 5.82. The molecule has 1 aliphatic heterocycles. The predicted octanol–water partition coefficient (Wildman–Crippen LogP) is 4.40. The van der Waals surface area contributed by atoms with Gasteiger partial charge in [0.15, 0.2) is 17.2 Å². The van der Waals surface area contributed by atoms with Gasteiger partial charge in [-0.3, -0.25) is 0 Å². The van der Waals surface area contributed by atoms with Gasteiger partial charge >= 0.3 is 0 Å². The molecule has 2 heterocycles. The summed E-state index contributed by atoms with van der Waals surface area (Å²) in [7, 11) is 0. The second-order valence-corrected chi connectivity index (χ2v) is 4.60. The van der Waals surface area contributed by atoms with Gasteiger partial charge in [0.25, 0.3) is 5.88 Å². The summed E-state index contributed by atoms with van der Waals surface area (Å²) in [4.78, 5) is 4.05. The van der Waals surface area contributed by atoms with Crippen molar-refractivity contribution >= 4 is 27.5 Å². The Balaban J connectivity index is 2.09. The van der Waals surface area contributed by atoms with E-state index in [4.69, 9.17) is 21.1 Å². The molecule has 0 radical (unpaired) electrons. The highest BCUT2D eigenvalue weighted by molar-refractivity contribution is 9.10. The van der Waals surface area contributed by atoms with Crippen LogP contribution < -0.4 is 9.47 Å². The Labute approximate surface area is 105 Å². The number of aromatic nitrogens is 1. The highest BCUT2D eigenvalue weighted by Crippen LogP contribution is 2.45. The lowest BCUT2D eigenvalue weighted by Gasteiger charge is -2.19. The van der Waals surface area contributed by atoms with E-state index < -0.39 is 0 Å². The van der Waals surface area contributed by atoms with Crippen molar-refractivity contribution in [2.45, 2.75) is 0 Å². The fourth-order valence-corrected chi connectivity index (χ4v) is 1.91. The molecule has 3 nitrogen and oxygen atoms in total. The zero-order chi connectivity index (χ0) is 11.1. The third kappa shape index (κ3) is 1.64. The number of hydrogen-bond donors (Lipinski definition) is 0. The molecule has 80 valence electrons. The van der Waals surface area contributed by atoms with Gasteiger partial charge in [-0.1, -0.05) is 27.5 Å². The summed E-state index contributed by atoms with van der Waals surface area (Å²) in [6, 6.07) is 7.21. The largest absolute Gasteiger partial charge is 0.448 e. The van der Waals surface area contributed by atoms with Crippen molar-refractivity contribution in [1.82, 2.24) is 4.98 Å². The molecular weight excluding hydrogens is 293 g/mol. The van der Waals surface area contributed by atoms with Gasteiger partial charge in [0.1, 0.15) is 0 Å². The number of rotatable bonds is 0. The first-order valence-corrected chi connectivity index (χ1v) is 5.70. The van der Waals surface area contributed by atoms with Crippen LogP contribution in [0.4, 0.5) is 0 Å². The van der Waals surface area contributed by atoms with E-state index in [2.05, 4.69) is 20.9 Å². The summed E-state index contributed by atoms with van der Waals surface area (Å²) in [6.45, 7) is 0. The summed E-state index contributed by atoms with van der Waals surface area (Å²) in [5.41, 5.74) is 0. The number of halogens is 2. The maximum atomic E-state index is 5.82. The number of hydrogen-bond acceptors (Lipinski definition) is 3. The third-order valence-electron chi connectivity index (χ3n) is 2.12. The molecule has 1 aromatic heterocycles. The molecule has 0 bridgehead atoms. The first-order valence-electron chi connectivity index (χ1n) is 4.53. The Kier molecular flexibility index (Phi) is 2.26. The highest BCUT2D eigenvalue weighted by Gasteiger charge is 2.20. The summed E-state index contributed by atoms with van der Waals surface area (Å²) >= 11 is 9.19. The second-order valence-electron chi connectivity index (χ2n) is 3.25. The van der Waals surface area contributed by atoms with Crippen LogP contribution in [0.25, 0.3) is 0 Å². The molecule has 3 rings (SSSR count). The third-order valence-corrected chi connectivity index (χ3v) is 2.82. The average molecular weight is 299 g/mol. The van der Waals surface area contributed by atoms with Gasteiger partial charge < -0.3 is 9.47 Å². The lowest BCUT2D eigenvalue weighted by atomic mass is 10.3. The molecule has 1 aliphatic rings. The molecule has 2 aromatic rings. The van der Waals surface area contributed by atoms with Crippen molar-refractivity contribution in [3.8, 4) is 23.1 Å². The van der Waals surface area contributed by atoms with Gasteiger partial charge in [0, 0.05) is 16.7 Å². The second kappa shape index (κ2) is 3.64. The monoisotopic (exact) mass is 297 g/mol. The van der Waals surface area contributed by atoms with Gasteiger partial charge in [-0.15, -0.1) is 0 Å². The Morgan fingerprint density at radius 2 is 1.94 bits per heavy atom. The minimum Gasteiger partial charge on any atom is -0.448 e. The normalized spacial score (nSPS) is 12.1. The molecule has 0 saturated heterocycles. The minimum absolute atomic E-state index is 0.426. The zero-order valence-corrected chi connectivity index (χ0v) is 10.2. The van der Waals surface area contributed by atoms with Gasteiger partial charge in [-0.2, -0.15) is 0 Å². The molecule has 16 heavy (non-hydrogen) atoms. The Bertz CT molecular complexity index is 522. The molecular formula is C11H5BrClNO2. The lowest BCUT2D eigenvalue weighted by molar-refractivity contribution is 0.347.